The van der Waals surface area contributed by atoms with Gasteiger partial charge in [-0.15, -0.1) is 11.6 Å². The maximum absolute atomic E-state index is 12.8. The van der Waals surface area contributed by atoms with Crippen LogP contribution >= 0.6 is 11.6 Å². The van der Waals surface area contributed by atoms with E-state index in [1.165, 1.54) is 12.1 Å². The largest absolute Gasteiger partial charge is 0.417 e. The smallest absolute Gasteiger partial charge is 0.354 e. The Bertz CT molecular complexity index is 574. The molecule has 0 unspecified atom stereocenters. The van der Waals surface area contributed by atoms with Crippen molar-refractivity contribution in [3.63, 3.8) is 0 Å². The number of amides is 2. The van der Waals surface area contributed by atoms with Crippen LogP contribution in [0.4, 0.5) is 13.2 Å². The van der Waals surface area contributed by atoms with Gasteiger partial charge in [-0.2, -0.15) is 13.2 Å². The Morgan fingerprint density at radius 1 is 1.09 bits per heavy atom. The summed E-state index contributed by atoms with van der Waals surface area (Å²) in [4.78, 5) is 23.6. The molecule has 0 aromatic heterocycles. The second-order valence-electron chi connectivity index (χ2n) is 5.57. The molecule has 0 spiro atoms. The van der Waals surface area contributed by atoms with E-state index in [-0.39, 0.29) is 24.9 Å². The van der Waals surface area contributed by atoms with Crippen LogP contribution in [-0.4, -0.2) is 30.8 Å². The monoisotopic (exact) mass is 350 g/mol. The van der Waals surface area contributed by atoms with Crippen molar-refractivity contribution in [2.45, 2.75) is 20.0 Å². The van der Waals surface area contributed by atoms with Crippen LogP contribution in [-0.2, 0) is 11.0 Å². The lowest BCUT2D eigenvalue weighted by Gasteiger charge is -2.20. The summed E-state index contributed by atoms with van der Waals surface area (Å²) >= 11 is 5.65. The number of benzene rings is 1. The molecule has 8 heteroatoms. The number of rotatable bonds is 6. The summed E-state index contributed by atoms with van der Waals surface area (Å²) in [5, 5.41) is 4.91. The minimum atomic E-state index is -4.60. The highest BCUT2D eigenvalue weighted by Crippen LogP contribution is 2.31. The highest BCUT2D eigenvalue weighted by Gasteiger charge is 2.34. The van der Waals surface area contributed by atoms with Crippen molar-refractivity contribution in [2.24, 2.45) is 5.41 Å². The minimum absolute atomic E-state index is 0.00906. The summed E-state index contributed by atoms with van der Waals surface area (Å²) in [5.41, 5.74) is -2.20. The van der Waals surface area contributed by atoms with E-state index >= 15 is 0 Å². The Labute approximate surface area is 137 Å². The molecule has 128 valence electrons. The number of hydrogen-bond acceptors (Lipinski definition) is 2. The van der Waals surface area contributed by atoms with Crippen LogP contribution in [0.15, 0.2) is 24.3 Å². The molecule has 1 aromatic rings. The minimum Gasteiger partial charge on any atom is -0.354 e. The van der Waals surface area contributed by atoms with Gasteiger partial charge in [-0.25, -0.2) is 0 Å². The van der Waals surface area contributed by atoms with Gasteiger partial charge in [-0.05, 0) is 26.0 Å². The second kappa shape index (κ2) is 7.68. The summed E-state index contributed by atoms with van der Waals surface area (Å²) in [6.07, 6.45) is -4.60. The molecule has 0 saturated carbocycles. The van der Waals surface area contributed by atoms with Gasteiger partial charge in [-0.1, -0.05) is 12.1 Å². The van der Waals surface area contributed by atoms with Crippen molar-refractivity contribution in [3.05, 3.63) is 35.4 Å². The van der Waals surface area contributed by atoms with Crippen molar-refractivity contribution in [3.8, 4) is 0 Å². The summed E-state index contributed by atoms with van der Waals surface area (Å²) in [7, 11) is 0. The zero-order valence-electron chi connectivity index (χ0n) is 12.8. The van der Waals surface area contributed by atoms with Gasteiger partial charge in [-0.3, -0.25) is 9.59 Å². The van der Waals surface area contributed by atoms with Crippen molar-refractivity contribution < 1.29 is 22.8 Å². The fraction of sp³-hybridized carbons (Fsp3) is 0.467. The van der Waals surface area contributed by atoms with Crippen LogP contribution in [0.3, 0.4) is 0 Å². The SMILES string of the molecule is CC(C)(CCl)C(=O)NCCNC(=O)c1ccccc1C(F)(F)F. The molecule has 0 aliphatic rings. The number of nitrogens with one attached hydrogen (secondary N) is 2. The van der Waals surface area contributed by atoms with E-state index in [1.54, 1.807) is 13.8 Å². The molecule has 0 saturated heterocycles. The fourth-order valence-electron chi connectivity index (χ4n) is 1.68. The zero-order chi connectivity index (χ0) is 17.7. The first-order chi connectivity index (χ1) is 10.6. The predicted molar refractivity (Wildman–Crippen MR) is 81.3 cm³/mol. The maximum Gasteiger partial charge on any atom is 0.417 e. The molecule has 0 aliphatic carbocycles. The van der Waals surface area contributed by atoms with Gasteiger partial charge in [0.25, 0.3) is 5.91 Å². The maximum atomic E-state index is 12.8. The molecule has 23 heavy (non-hydrogen) atoms. The number of hydrogen-bond donors (Lipinski definition) is 2. The molecule has 0 atom stereocenters. The van der Waals surface area contributed by atoms with Crippen molar-refractivity contribution in [1.82, 2.24) is 10.6 Å². The van der Waals surface area contributed by atoms with Crippen molar-refractivity contribution >= 4 is 23.4 Å². The van der Waals surface area contributed by atoms with Gasteiger partial charge in [0, 0.05) is 19.0 Å². The zero-order valence-corrected chi connectivity index (χ0v) is 13.5. The number of carbonyl (C=O) groups is 2. The first-order valence-corrected chi connectivity index (χ1v) is 7.41. The average Bonchev–Trinajstić information content (AvgIpc) is 2.50. The Kier molecular flexibility index (Phi) is 6.44. The molecular weight excluding hydrogens is 333 g/mol. The summed E-state index contributed by atoms with van der Waals surface area (Å²) in [6.45, 7) is 3.43. The molecule has 2 amide bonds. The molecular formula is C15H18ClF3N2O2. The Morgan fingerprint density at radius 3 is 2.22 bits per heavy atom. The van der Waals surface area contributed by atoms with E-state index in [4.69, 9.17) is 11.6 Å². The van der Waals surface area contributed by atoms with Gasteiger partial charge >= 0.3 is 6.18 Å². The van der Waals surface area contributed by atoms with E-state index in [1.807, 2.05) is 0 Å². The molecule has 0 radical (unpaired) electrons. The topological polar surface area (TPSA) is 58.2 Å². The van der Waals surface area contributed by atoms with Gasteiger partial charge in [0.1, 0.15) is 0 Å². The molecule has 1 rings (SSSR count). The third kappa shape index (κ3) is 5.42. The van der Waals surface area contributed by atoms with E-state index < -0.39 is 28.6 Å². The summed E-state index contributed by atoms with van der Waals surface area (Å²) in [6, 6.07) is 4.52. The second-order valence-corrected chi connectivity index (χ2v) is 5.84. The molecule has 2 N–H and O–H groups in total. The first kappa shape index (κ1) is 19.3. The Balaban J connectivity index is 2.58. The summed E-state index contributed by atoms with van der Waals surface area (Å²) in [5.74, 6) is -1.01. The fourth-order valence-corrected chi connectivity index (χ4v) is 1.80. The van der Waals surface area contributed by atoms with Gasteiger partial charge in [0.2, 0.25) is 5.91 Å². The normalized spacial score (nSPS) is 11.9. The third-order valence-electron chi connectivity index (χ3n) is 3.12. The molecule has 0 aliphatic heterocycles. The third-order valence-corrected chi connectivity index (χ3v) is 3.79. The molecule has 1 aromatic carbocycles. The quantitative estimate of drug-likeness (QED) is 0.612. The highest BCUT2D eigenvalue weighted by atomic mass is 35.5. The van der Waals surface area contributed by atoms with Gasteiger partial charge in [0.05, 0.1) is 16.5 Å². The van der Waals surface area contributed by atoms with E-state index in [2.05, 4.69) is 10.6 Å². The predicted octanol–water partition coefficient (Wildman–Crippen LogP) is 2.82. The first-order valence-electron chi connectivity index (χ1n) is 6.88. The van der Waals surface area contributed by atoms with Crippen LogP contribution < -0.4 is 10.6 Å². The highest BCUT2D eigenvalue weighted by molar-refractivity contribution is 6.19. The van der Waals surface area contributed by atoms with Crippen molar-refractivity contribution in [1.29, 1.82) is 0 Å². The van der Waals surface area contributed by atoms with Crippen LogP contribution in [0.5, 0.6) is 0 Å². The van der Waals surface area contributed by atoms with E-state index in [9.17, 15) is 22.8 Å². The van der Waals surface area contributed by atoms with Crippen LogP contribution in [0.2, 0.25) is 0 Å². The lowest BCUT2D eigenvalue weighted by molar-refractivity contribution is -0.138. The molecule has 0 heterocycles. The Hall–Kier alpha value is -1.76. The Morgan fingerprint density at radius 2 is 1.65 bits per heavy atom. The van der Waals surface area contributed by atoms with Gasteiger partial charge < -0.3 is 10.6 Å². The number of alkyl halides is 4. The number of halogens is 4. The molecule has 4 nitrogen and oxygen atoms in total. The summed E-state index contributed by atoms with van der Waals surface area (Å²) < 4.78 is 38.5. The lowest BCUT2D eigenvalue weighted by Crippen LogP contribution is -2.42. The average molecular weight is 351 g/mol. The lowest BCUT2D eigenvalue weighted by atomic mass is 9.95. The standard InChI is InChI=1S/C15H18ClF3N2O2/c1-14(2,9-16)13(23)21-8-7-20-12(22)10-5-3-4-6-11(10)15(17,18)19/h3-6H,7-9H2,1-2H3,(H,20,22)(H,21,23). The van der Waals surface area contributed by atoms with E-state index in [0.717, 1.165) is 12.1 Å². The van der Waals surface area contributed by atoms with Crippen LogP contribution in [0.1, 0.15) is 29.8 Å². The van der Waals surface area contributed by atoms with Gasteiger partial charge in [0.15, 0.2) is 0 Å². The number of carbonyl (C=O) groups excluding carboxylic acids is 2. The molecule has 0 fully saturated rings. The van der Waals surface area contributed by atoms with Crippen LogP contribution in [0.25, 0.3) is 0 Å². The van der Waals surface area contributed by atoms with Crippen LogP contribution in [0, 0.1) is 5.41 Å². The molecule has 0 bridgehead atoms. The van der Waals surface area contributed by atoms with Crippen molar-refractivity contribution in [2.75, 3.05) is 19.0 Å². The van der Waals surface area contributed by atoms with E-state index in [0.29, 0.717) is 0 Å².